The van der Waals surface area contributed by atoms with Gasteiger partial charge in [0.25, 0.3) is 0 Å². The summed E-state index contributed by atoms with van der Waals surface area (Å²) in [6.07, 6.45) is 0.782. The number of methoxy groups -OCH3 is 1. The third kappa shape index (κ3) is 3.97. The van der Waals surface area contributed by atoms with E-state index in [1.807, 2.05) is 0 Å². The molecule has 0 aliphatic rings. The monoisotopic (exact) mass is 336 g/mol. The van der Waals surface area contributed by atoms with Crippen molar-refractivity contribution in [2.75, 3.05) is 20.3 Å². The molecule has 0 amide bonds. The van der Waals surface area contributed by atoms with Crippen molar-refractivity contribution in [3.05, 3.63) is 27.3 Å². The summed E-state index contributed by atoms with van der Waals surface area (Å²) in [5, 5.41) is 8.83. The Hall–Kier alpha value is -0.820. The van der Waals surface area contributed by atoms with Gasteiger partial charge in [-0.25, -0.2) is 4.79 Å². The van der Waals surface area contributed by atoms with Gasteiger partial charge < -0.3 is 14.6 Å². The predicted molar refractivity (Wildman–Crippen MR) is 68.1 cm³/mol. The predicted octanol–water partition coefficient (Wildman–Crippen LogP) is 2.40. The molecule has 0 spiro atoms. The van der Waals surface area contributed by atoms with E-state index in [2.05, 4.69) is 22.6 Å². The summed E-state index contributed by atoms with van der Waals surface area (Å²) >= 11 is 2.11. The van der Waals surface area contributed by atoms with Crippen LogP contribution in [0, 0.1) is 3.57 Å². The second kappa shape index (κ2) is 6.70. The quantitative estimate of drug-likeness (QED) is 0.640. The maximum absolute atomic E-state index is 10.8. The van der Waals surface area contributed by atoms with Gasteiger partial charge in [-0.05, 0) is 40.8 Å². The van der Waals surface area contributed by atoms with Gasteiger partial charge in [0.2, 0.25) is 0 Å². The van der Waals surface area contributed by atoms with Gasteiger partial charge in [0.15, 0.2) is 0 Å². The number of benzene rings is 1. The van der Waals surface area contributed by atoms with E-state index in [1.54, 1.807) is 19.2 Å². The minimum absolute atomic E-state index is 0.238. The van der Waals surface area contributed by atoms with Crippen molar-refractivity contribution in [1.29, 1.82) is 0 Å². The second-order valence-electron chi connectivity index (χ2n) is 3.15. The first-order chi connectivity index (χ1) is 7.65. The molecule has 0 aromatic heterocycles. The lowest BCUT2D eigenvalue weighted by molar-refractivity contribution is 0.0696. The molecule has 16 heavy (non-hydrogen) atoms. The van der Waals surface area contributed by atoms with E-state index >= 15 is 0 Å². The van der Waals surface area contributed by atoms with Crippen molar-refractivity contribution < 1.29 is 19.4 Å². The van der Waals surface area contributed by atoms with Gasteiger partial charge in [-0.15, -0.1) is 0 Å². The van der Waals surface area contributed by atoms with Crippen LogP contribution in [0.3, 0.4) is 0 Å². The standard InChI is InChI=1S/C11H13IO4/c1-15-5-2-6-16-10-7-8(11(13)14)3-4-9(10)12/h3-4,7H,2,5-6H2,1H3,(H,13,14). The molecule has 0 atom stereocenters. The highest BCUT2D eigenvalue weighted by atomic mass is 127. The van der Waals surface area contributed by atoms with E-state index in [9.17, 15) is 4.79 Å². The molecule has 88 valence electrons. The van der Waals surface area contributed by atoms with Crippen molar-refractivity contribution in [2.45, 2.75) is 6.42 Å². The number of ether oxygens (including phenoxy) is 2. The zero-order chi connectivity index (χ0) is 12.0. The molecule has 1 N–H and O–H groups in total. The molecule has 0 saturated heterocycles. The summed E-state index contributed by atoms with van der Waals surface area (Å²) < 4.78 is 11.3. The molecule has 0 heterocycles. The average molecular weight is 336 g/mol. The summed E-state index contributed by atoms with van der Waals surface area (Å²) in [4.78, 5) is 10.8. The molecule has 0 radical (unpaired) electrons. The van der Waals surface area contributed by atoms with Gasteiger partial charge in [-0.2, -0.15) is 0 Å². The Morgan fingerprint density at radius 1 is 1.44 bits per heavy atom. The molecular weight excluding hydrogens is 323 g/mol. The maximum atomic E-state index is 10.8. The van der Waals surface area contributed by atoms with E-state index < -0.39 is 5.97 Å². The van der Waals surface area contributed by atoms with Crippen LogP contribution in [0.4, 0.5) is 0 Å². The van der Waals surface area contributed by atoms with Crippen LogP contribution in [0.15, 0.2) is 18.2 Å². The highest BCUT2D eigenvalue weighted by Crippen LogP contribution is 2.22. The topological polar surface area (TPSA) is 55.8 Å². The Morgan fingerprint density at radius 3 is 2.81 bits per heavy atom. The summed E-state index contributed by atoms with van der Waals surface area (Å²) in [7, 11) is 1.63. The normalized spacial score (nSPS) is 10.1. The molecule has 1 aromatic carbocycles. The molecule has 0 fully saturated rings. The Morgan fingerprint density at radius 2 is 2.19 bits per heavy atom. The highest BCUT2D eigenvalue weighted by molar-refractivity contribution is 14.1. The second-order valence-corrected chi connectivity index (χ2v) is 4.31. The molecule has 5 heteroatoms. The molecular formula is C11H13IO4. The number of rotatable bonds is 6. The minimum Gasteiger partial charge on any atom is -0.492 e. The zero-order valence-corrected chi connectivity index (χ0v) is 11.1. The van der Waals surface area contributed by atoms with Crippen LogP contribution in [0.25, 0.3) is 0 Å². The van der Waals surface area contributed by atoms with Crippen LogP contribution < -0.4 is 4.74 Å². The lowest BCUT2D eigenvalue weighted by Crippen LogP contribution is -2.04. The summed E-state index contributed by atoms with van der Waals surface area (Å²) in [5.41, 5.74) is 0.238. The van der Waals surface area contributed by atoms with Crippen LogP contribution in [0.2, 0.25) is 0 Å². The molecule has 4 nitrogen and oxygen atoms in total. The van der Waals surface area contributed by atoms with Gasteiger partial charge in [0.05, 0.1) is 15.7 Å². The van der Waals surface area contributed by atoms with E-state index in [1.165, 1.54) is 6.07 Å². The van der Waals surface area contributed by atoms with Gasteiger partial charge >= 0.3 is 5.97 Å². The number of aromatic carboxylic acids is 1. The fourth-order valence-electron chi connectivity index (χ4n) is 1.13. The van der Waals surface area contributed by atoms with Crippen LogP contribution in [0.5, 0.6) is 5.75 Å². The van der Waals surface area contributed by atoms with Crippen molar-refractivity contribution >= 4 is 28.6 Å². The molecule has 1 aromatic rings. The lowest BCUT2D eigenvalue weighted by Gasteiger charge is -2.08. The first-order valence-corrected chi connectivity index (χ1v) is 5.87. The first kappa shape index (κ1) is 13.2. The molecule has 0 aliphatic heterocycles. The van der Waals surface area contributed by atoms with Crippen molar-refractivity contribution in [3.8, 4) is 5.75 Å². The summed E-state index contributed by atoms with van der Waals surface area (Å²) in [5.74, 6) is -0.338. The molecule has 0 bridgehead atoms. The Kier molecular flexibility index (Phi) is 5.54. The molecule has 0 aliphatic carbocycles. The van der Waals surface area contributed by atoms with Crippen molar-refractivity contribution in [2.24, 2.45) is 0 Å². The Bertz CT molecular complexity index is 365. The minimum atomic E-state index is -0.946. The first-order valence-electron chi connectivity index (χ1n) is 4.79. The SMILES string of the molecule is COCCCOc1cc(C(=O)O)ccc1I. The van der Waals surface area contributed by atoms with E-state index in [-0.39, 0.29) is 5.56 Å². The molecule has 0 saturated carbocycles. The summed E-state index contributed by atoms with van der Waals surface area (Å²) in [6.45, 7) is 1.15. The van der Waals surface area contributed by atoms with Gasteiger partial charge in [-0.3, -0.25) is 0 Å². The third-order valence-electron chi connectivity index (χ3n) is 1.93. The van der Waals surface area contributed by atoms with E-state index in [4.69, 9.17) is 14.6 Å². The fourth-order valence-corrected chi connectivity index (χ4v) is 1.62. The highest BCUT2D eigenvalue weighted by Gasteiger charge is 2.07. The lowest BCUT2D eigenvalue weighted by atomic mass is 10.2. The van der Waals surface area contributed by atoms with E-state index in [0.717, 1.165) is 9.99 Å². The average Bonchev–Trinajstić information content (AvgIpc) is 2.26. The largest absolute Gasteiger partial charge is 0.492 e. The van der Waals surface area contributed by atoms with Crippen LogP contribution in [-0.2, 0) is 4.74 Å². The number of carboxylic acid groups (broad SMARTS) is 1. The number of hydrogen-bond donors (Lipinski definition) is 1. The van der Waals surface area contributed by atoms with E-state index in [0.29, 0.717) is 19.0 Å². The third-order valence-corrected chi connectivity index (χ3v) is 2.82. The van der Waals surface area contributed by atoms with Crippen LogP contribution in [-0.4, -0.2) is 31.4 Å². The smallest absolute Gasteiger partial charge is 0.335 e. The van der Waals surface area contributed by atoms with Crippen molar-refractivity contribution in [3.63, 3.8) is 0 Å². The number of halogens is 1. The van der Waals surface area contributed by atoms with Crippen molar-refractivity contribution in [1.82, 2.24) is 0 Å². The fraction of sp³-hybridized carbons (Fsp3) is 0.364. The summed E-state index contributed by atoms with van der Waals surface area (Å²) in [6, 6.07) is 4.83. The van der Waals surface area contributed by atoms with Gasteiger partial charge in [-0.1, -0.05) is 0 Å². The van der Waals surface area contributed by atoms with Crippen LogP contribution in [0.1, 0.15) is 16.8 Å². The Balaban J connectivity index is 2.63. The van der Waals surface area contributed by atoms with Gasteiger partial charge in [0.1, 0.15) is 5.75 Å². The zero-order valence-electron chi connectivity index (χ0n) is 8.90. The molecule has 0 unspecified atom stereocenters. The molecule has 1 rings (SSSR count). The number of carbonyl (C=O) groups is 1. The Labute approximate surface area is 108 Å². The van der Waals surface area contributed by atoms with Gasteiger partial charge in [0, 0.05) is 20.1 Å². The number of hydrogen-bond acceptors (Lipinski definition) is 3. The number of carboxylic acids is 1. The van der Waals surface area contributed by atoms with Crippen LogP contribution >= 0.6 is 22.6 Å². The maximum Gasteiger partial charge on any atom is 0.335 e.